The number of nitrogens with zero attached hydrogens (tertiary/aromatic N) is 1. The van der Waals surface area contributed by atoms with Gasteiger partial charge in [-0.3, -0.25) is 4.79 Å². The highest BCUT2D eigenvalue weighted by Crippen LogP contribution is 2.25. The number of rotatable bonds is 7. The van der Waals surface area contributed by atoms with Gasteiger partial charge >= 0.3 is 0 Å². The normalized spacial score (nSPS) is 13.8. The molecule has 2 heterocycles. The number of carbonyl (C=O) groups excluding carboxylic acids is 1. The summed E-state index contributed by atoms with van der Waals surface area (Å²) >= 11 is 0. The van der Waals surface area contributed by atoms with E-state index >= 15 is 0 Å². The molecule has 2 aromatic carbocycles. The van der Waals surface area contributed by atoms with Crippen LogP contribution in [0.2, 0.25) is 0 Å². The zero-order valence-electron chi connectivity index (χ0n) is 17.1. The minimum atomic E-state index is -0.0310. The summed E-state index contributed by atoms with van der Waals surface area (Å²) in [4.78, 5) is 14.6. The van der Waals surface area contributed by atoms with Crippen molar-refractivity contribution >= 4 is 17.3 Å². The molecule has 0 radical (unpaired) electrons. The van der Waals surface area contributed by atoms with Crippen LogP contribution in [0.3, 0.4) is 0 Å². The summed E-state index contributed by atoms with van der Waals surface area (Å²) in [5.74, 6) is 2.35. The number of aryl methyl sites for hydroxylation is 1. The van der Waals surface area contributed by atoms with Crippen LogP contribution < -0.4 is 15.0 Å². The highest BCUT2D eigenvalue weighted by molar-refractivity contribution is 5.91. The van der Waals surface area contributed by atoms with Crippen molar-refractivity contribution in [3.8, 4) is 17.1 Å². The Morgan fingerprint density at radius 1 is 1.00 bits per heavy atom. The van der Waals surface area contributed by atoms with E-state index in [1.807, 2.05) is 60.7 Å². The van der Waals surface area contributed by atoms with Crippen LogP contribution in [0.25, 0.3) is 11.3 Å². The van der Waals surface area contributed by atoms with Gasteiger partial charge in [-0.15, -0.1) is 0 Å². The minimum absolute atomic E-state index is 0.0310. The predicted octanol–water partition coefficient (Wildman–Crippen LogP) is 4.36. The summed E-state index contributed by atoms with van der Waals surface area (Å²) < 4.78 is 16.5. The number of carbonyl (C=O) groups is 1. The number of anilines is 2. The number of nitrogens with one attached hydrogen (secondary N) is 1. The number of ether oxygens (including phenoxy) is 2. The van der Waals surface area contributed by atoms with Gasteiger partial charge in [-0.2, -0.15) is 0 Å². The monoisotopic (exact) mass is 406 g/mol. The van der Waals surface area contributed by atoms with Crippen LogP contribution in [0, 0.1) is 0 Å². The fraction of sp³-hybridized carbons (Fsp3) is 0.292. The SMILES string of the molecule is COc1ccc(-c2ccc(CCC(=O)Nc3ccc(N4CCOCC4)cc3)o2)cc1. The lowest BCUT2D eigenvalue weighted by atomic mass is 10.2. The summed E-state index contributed by atoms with van der Waals surface area (Å²) in [7, 11) is 1.64. The molecule has 1 aliphatic rings. The largest absolute Gasteiger partial charge is 0.497 e. The zero-order chi connectivity index (χ0) is 20.8. The number of hydrogen-bond acceptors (Lipinski definition) is 5. The van der Waals surface area contributed by atoms with Gasteiger partial charge in [0.2, 0.25) is 5.91 Å². The van der Waals surface area contributed by atoms with Crippen LogP contribution in [0.15, 0.2) is 65.1 Å². The molecule has 4 rings (SSSR count). The molecule has 1 saturated heterocycles. The molecule has 1 fully saturated rings. The Morgan fingerprint density at radius 3 is 2.43 bits per heavy atom. The number of morpholine rings is 1. The Hall–Kier alpha value is -3.25. The van der Waals surface area contributed by atoms with Crippen molar-refractivity contribution in [2.75, 3.05) is 43.6 Å². The summed E-state index contributed by atoms with van der Waals surface area (Å²) in [6.45, 7) is 3.30. The van der Waals surface area contributed by atoms with E-state index in [0.717, 1.165) is 60.5 Å². The predicted molar refractivity (Wildman–Crippen MR) is 117 cm³/mol. The summed E-state index contributed by atoms with van der Waals surface area (Å²) in [6.07, 6.45) is 0.911. The fourth-order valence-corrected chi connectivity index (χ4v) is 3.46. The highest BCUT2D eigenvalue weighted by Gasteiger charge is 2.12. The first kappa shape index (κ1) is 20.0. The molecule has 3 aromatic rings. The van der Waals surface area contributed by atoms with Crippen LogP contribution in [-0.4, -0.2) is 39.3 Å². The second-order valence-corrected chi connectivity index (χ2v) is 7.19. The summed E-state index contributed by atoms with van der Waals surface area (Å²) in [5, 5.41) is 2.96. The molecule has 1 aromatic heterocycles. The molecule has 1 N–H and O–H groups in total. The lowest BCUT2D eigenvalue weighted by Crippen LogP contribution is -2.36. The molecule has 0 saturated carbocycles. The minimum Gasteiger partial charge on any atom is -0.497 e. The van der Waals surface area contributed by atoms with E-state index < -0.39 is 0 Å². The molecule has 0 bridgehead atoms. The van der Waals surface area contributed by atoms with Crippen molar-refractivity contribution in [3.05, 3.63) is 66.4 Å². The molecule has 30 heavy (non-hydrogen) atoms. The molecule has 0 aliphatic carbocycles. The van der Waals surface area contributed by atoms with Crippen LogP contribution in [0.1, 0.15) is 12.2 Å². The van der Waals surface area contributed by atoms with E-state index in [-0.39, 0.29) is 5.91 Å². The standard InChI is InChI=1S/C24H26N2O4/c1-28-21-8-2-18(3-9-21)23-12-10-22(30-23)11-13-24(27)25-19-4-6-20(7-5-19)26-14-16-29-17-15-26/h2-10,12H,11,13-17H2,1H3,(H,25,27). The number of furan rings is 1. The third-order valence-corrected chi connectivity index (χ3v) is 5.16. The molecule has 1 aliphatic heterocycles. The van der Waals surface area contributed by atoms with E-state index in [2.05, 4.69) is 10.2 Å². The van der Waals surface area contributed by atoms with Crippen molar-refractivity contribution in [2.24, 2.45) is 0 Å². The maximum atomic E-state index is 12.3. The Bertz CT molecular complexity index is 958. The number of amides is 1. The van der Waals surface area contributed by atoms with Crippen LogP contribution >= 0.6 is 0 Å². The smallest absolute Gasteiger partial charge is 0.224 e. The van der Waals surface area contributed by atoms with Crippen molar-refractivity contribution in [3.63, 3.8) is 0 Å². The highest BCUT2D eigenvalue weighted by atomic mass is 16.5. The lowest BCUT2D eigenvalue weighted by molar-refractivity contribution is -0.116. The molecule has 6 nitrogen and oxygen atoms in total. The average molecular weight is 406 g/mol. The third kappa shape index (κ3) is 5.02. The molecule has 6 heteroatoms. The Kier molecular flexibility index (Phi) is 6.35. The van der Waals surface area contributed by atoms with Crippen molar-refractivity contribution in [1.82, 2.24) is 0 Å². The molecular formula is C24H26N2O4. The van der Waals surface area contributed by atoms with Gasteiger partial charge in [-0.25, -0.2) is 0 Å². The van der Waals surface area contributed by atoms with Gasteiger partial charge in [0, 0.05) is 42.9 Å². The molecule has 1 amide bonds. The van der Waals surface area contributed by atoms with E-state index in [0.29, 0.717) is 12.8 Å². The fourth-order valence-electron chi connectivity index (χ4n) is 3.46. The number of methoxy groups -OCH3 is 1. The average Bonchev–Trinajstić information content (AvgIpc) is 3.28. The number of hydrogen-bond donors (Lipinski definition) is 1. The first-order valence-electron chi connectivity index (χ1n) is 10.2. The topological polar surface area (TPSA) is 63.9 Å². The Morgan fingerprint density at radius 2 is 1.73 bits per heavy atom. The van der Waals surface area contributed by atoms with E-state index in [4.69, 9.17) is 13.9 Å². The van der Waals surface area contributed by atoms with Crippen molar-refractivity contribution in [2.45, 2.75) is 12.8 Å². The molecular weight excluding hydrogens is 380 g/mol. The van der Waals surface area contributed by atoms with Gasteiger partial charge in [-0.05, 0) is 60.7 Å². The number of benzene rings is 2. The van der Waals surface area contributed by atoms with Crippen molar-refractivity contribution < 1.29 is 18.7 Å². The van der Waals surface area contributed by atoms with Gasteiger partial charge in [0.15, 0.2) is 0 Å². The van der Waals surface area contributed by atoms with E-state index in [9.17, 15) is 4.79 Å². The van der Waals surface area contributed by atoms with Crippen LogP contribution in [0.4, 0.5) is 11.4 Å². The molecule has 0 spiro atoms. The first-order chi connectivity index (χ1) is 14.7. The van der Waals surface area contributed by atoms with Crippen molar-refractivity contribution in [1.29, 1.82) is 0 Å². The van der Waals surface area contributed by atoms with E-state index in [1.165, 1.54) is 0 Å². The third-order valence-electron chi connectivity index (χ3n) is 5.16. The first-order valence-corrected chi connectivity index (χ1v) is 10.2. The van der Waals surface area contributed by atoms with Gasteiger partial charge in [-0.1, -0.05) is 0 Å². The maximum absolute atomic E-state index is 12.3. The Labute approximate surface area is 176 Å². The Balaban J connectivity index is 1.28. The van der Waals surface area contributed by atoms with Crippen LogP contribution in [-0.2, 0) is 16.0 Å². The van der Waals surface area contributed by atoms with Gasteiger partial charge in [0.05, 0.1) is 20.3 Å². The molecule has 0 unspecified atom stereocenters. The maximum Gasteiger partial charge on any atom is 0.224 e. The molecule has 156 valence electrons. The van der Waals surface area contributed by atoms with Gasteiger partial charge < -0.3 is 24.1 Å². The lowest BCUT2D eigenvalue weighted by Gasteiger charge is -2.28. The van der Waals surface area contributed by atoms with Crippen LogP contribution in [0.5, 0.6) is 5.75 Å². The zero-order valence-corrected chi connectivity index (χ0v) is 17.1. The quantitative estimate of drug-likeness (QED) is 0.632. The second-order valence-electron chi connectivity index (χ2n) is 7.19. The summed E-state index contributed by atoms with van der Waals surface area (Å²) in [6, 6.07) is 19.5. The van der Waals surface area contributed by atoms with Gasteiger partial charge in [0.25, 0.3) is 0 Å². The second kappa shape index (κ2) is 9.50. The van der Waals surface area contributed by atoms with E-state index in [1.54, 1.807) is 7.11 Å². The van der Waals surface area contributed by atoms with Gasteiger partial charge in [0.1, 0.15) is 17.3 Å². The summed E-state index contributed by atoms with van der Waals surface area (Å²) in [5.41, 5.74) is 2.93. The molecule has 0 atom stereocenters.